The average Bonchev–Trinajstić information content (AvgIpc) is 2.94. The highest BCUT2D eigenvalue weighted by molar-refractivity contribution is 7.90. The number of anilines is 1. The van der Waals surface area contributed by atoms with Crippen LogP contribution in [0.15, 0.2) is 59.8 Å². The second-order valence-corrected chi connectivity index (χ2v) is 12.0. The first-order valence-corrected chi connectivity index (χ1v) is 14.8. The zero-order valence-corrected chi connectivity index (χ0v) is 23.4. The highest BCUT2D eigenvalue weighted by Crippen LogP contribution is 2.28. The molecule has 1 aromatic carbocycles. The Morgan fingerprint density at radius 3 is 2.49 bits per heavy atom. The molecular formula is C28H28F2N6O4S. The Bertz CT molecular complexity index is 1710. The van der Waals surface area contributed by atoms with E-state index in [-0.39, 0.29) is 24.3 Å². The number of ether oxygens (including phenoxy) is 1. The van der Waals surface area contributed by atoms with E-state index in [2.05, 4.69) is 20.2 Å². The molecule has 1 aliphatic heterocycles. The van der Waals surface area contributed by atoms with E-state index in [1.807, 2.05) is 26.0 Å². The molecule has 13 heteroatoms. The summed E-state index contributed by atoms with van der Waals surface area (Å²) in [5.41, 5.74) is 1.74. The van der Waals surface area contributed by atoms with E-state index in [9.17, 15) is 22.0 Å². The maximum Gasteiger partial charge on any atom is 0.265 e. The Labute approximate surface area is 235 Å². The minimum absolute atomic E-state index is 0.0105. The van der Waals surface area contributed by atoms with Gasteiger partial charge in [-0.15, -0.1) is 0 Å². The first kappa shape index (κ1) is 28.4. The number of sulfone groups is 1. The number of alkyl halides is 2. The van der Waals surface area contributed by atoms with E-state index >= 15 is 0 Å². The van der Waals surface area contributed by atoms with Gasteiger partial charge in [0.15, 0.2) is 9.84 Å². The molecule has 4 heterocycles. The quantitative estimate of drug-likeness (QED) is 0.344. The molecule has 0 spiro atoms. The van der Waals surface area contributed by atoms with Crippen LogP contribution < -0.4 is 10.2 Å². The number of nitrogens with one attached hydrogen (secondary N) is 1. The molecule has 5 rings (SSSR count). The number of nitrogens with zero attached hydrogens (tertiary/aromatic N) is 5. The highest BCUT2D eigenvalue weighted by atomic mass is 32.2. The monoisotopic (exact) mass is 582 g/mol. The van der Waals surface area contributed by atoms with Crippen LogP contribution in [-0.4, -0.2) is 65.8 Å². The van der Waals surface area contributed by atoms with E-state index in [0.29, 0.717) is 41.6 Å². The molecule has 0 aliphatic carbocycles. The van der Waals surface area contributed by atoms with Crippen LogP contribution in [-0.2, 0) is 21.1 Å². The normalized spacial score (nSPS) is 17.7. The maximum absolute atomic E-state index is 13.3. The predicted molar refractivity (Wildman–Crippen MR) is 148 cm³/mol. The van der Waals surface area contributed by atoms with Gasteiger partial charge in [-0.1, -0.05) is 6.07 Å². The topological polar surface area (TPSA) is 127 Å². The smallest absolute Gasteiger partial charge is 0.265 e. The van der Waals surface area contributed by atoms with Crippen molar-refractivity contribution in [2.24, 2.45) is 0 Å². The number of hydrogen-bond donors (Lipinski definition) is 1. The number of rotatable bonds is 7. The number of carbonyl (C=O) groups is 1. The fourth-order valence-corrected chi connectivity index (χ4v) is 5.66. The van der Waals surface area contributed by atoms with Crippen molar-refractivity contribution < 1.29 is 26.7 Å². The van der Waals surface area contributed by atoms with Gasteiger partial charge in [-0.05, 0) is 50.2 Å². The van der Waals surface area contributed by atoms with Crippen LogP contribution in [0.25, 0.3) is 22.3 Å². The minimum Gasteiger partial charge on any atom is -0.372 e. The summed E-state index contributed by atoms with van der Waals surface area (Å²) in [6.45, 7) is 5.41. The van der Waals surface area contributed by atoms with Gasteiger partial charge in [-0.3, -0.25) is 9.78 Å². The molecule has 1 fully saturated rings. The predicted octanol–water partition coefficient (Wildman–Crippen LogP) is 3.97. The van der Waals surface area contributed by atoms with Crippen molar-refractivity contribution in [2.45, 2.75) is 43.9 Å². The van der Waals surface area contributed by atoms with Gasteiger partial charge in [0.2, 0.25) is 5.95 Å². The number of morpholine rings is 1. The number of hydrogen-bond acceptors (Lipinski definition) is 9. The third kappa shape index (κ3) is 6.46. The van der Waals surface area contributed by atoms with E-state index in [4.69, 9.17) is 14.7 Å². The molecule has 1 saturated heterocycles. The molecule has 3 aromatic heterocycles. The Hall–Kier alpha value is -4.10. The van der Waals surface area contributed by atoms with E-state index < -0.39 is 32.6 Å². The molecule has 2 atom stereocenters. The summed E-state index contributed by atoms with van der Waals surface area (Å²) in [4.78, 5) is 32.5. The van der Waals surface area contributed by atoms with Crippen LogP contribution in [0, 0.1) is 0 Å². The van der Waals surface area contributed by atoms with Crippen molar-refractivity contribution in [3.63, 3.8) is 0 Å². The zero-order chi connectivity index (χ0) is 29.3. The van der Waals surface area contributed by atoms with Gasteiger partial charge >= 0.3 is 0 Å². The summed E-state index contributed by atoms with van der Waals surface area (Å²) in [5.74, 6) is -0.0234. The van der Waals surface area contributed by atoms with Crippen LogP contribution in [0.4, 0.5) is 14.7 Å². The lowest BCUT2D eigenvalue weighted by Crippen LogP contribution is -2.46. The number of aromatic nitrogens is 4. The van der Waals surface area contributed by atoms with Crippen LogP contribution in [0.5, 0.6) is 0 Å². The summed E-state index contributed by atoms with van der Waals surface area (Å²) in [6.07, 6.45) is 1.29. The lowest BCUT2D eigenvalue weighted by atomic mass is 10.1. The van der Waals surface area contributed by atoms with Crippen molar-refractivity contribution >= 4 is 32.6 Å². The van der Waals surface area contributed by atoms with Crippen molar-refractivity contribution in [1.82, 2.24) is 25.3 Å². The summed E-state index contributed by atoms with van der Waals surface area (Å²) in [5, 5.41) is 3.44. The van der Waals surface area contributed by atoms with Gasteiger partial charge in [0, 0.05) is 48.3 Å². The lowest BCUT2D eigenvalue weighted by Gasteiger charge is -2.35. The van der Waals surface area contributed by atoms with Crippen molar-refractivity contribution in [3.8, 4) is 11.4 Å². The summed E-state index contributed by atoms with van der Waals surface area (Å²) < 4.78 is 56.3. The summed E-state index contributed by atoms with van der Waals surface area (Å²) in [6, 6.07) is 10.3. The first-order chi connectivity index (χ1) is 19.5. The first-order valence-electron chi connectivity index (χ1n) is 12.9. The van der Waals surface area contributed by atoms with Gasteiger partial charge < -0.3 is 15.0 Å². The Morgan fingerprint density at radius 2 is 1.78 bits per heavy atom. The largest absolute Gasteiger partial charge is 0.372 e. The third-order valence-corrected chi connectivity index (χ3v) is 7.73. The lowest BCUT2D eigenvalue weighted by molar-refractivity contribution is -0.00571. The number of carbonyl (C=O) groups excluding carboxylic acids is 1. The molecule has 0 saturated carbocycles. The SMILES string of the molecule is C[C@@H]1CN(c2nccc(-c3ccc4cnc(CNC(=O)c5ccc(C(F)F)c(S(C)(=O)=O)c5)cc4n3)n2)C[C@H](C)O1. The maximum atomic E-state index is 13.3. The van der Waals surface area contributed by atoms with Gasteiger partial charge in [0.25, 0.3) is 12.3 Å². The van der Waals surface area contributed by atoms with Gasteiger partial charge in [-0.2, -0.15) is 0 Å². The fraction of sp³-hybridized carbons (Fsp3) is 0.321. The second-order valence-electron chi connectivity index (χ2n) is 9.98. The number of benzene rings is 1. The molecular weight excluding hydrogens is 554 g/mol. The standard InChI is InChI=1S/C28H28F2N6O4S/c1-16-14-36(15-17(2)40-16)28-31-9-8-23(35-28)22-7-5-19-12-32-20(11-24(19)34-22)13-33-27(37)18-4-6-21(26(29)30)25(10-18)41(3,38)39/h4-12,16-17,26H,13-15H2,1-3H3,(H,33,37)/t16-,17+. The molecule has 41 heavy (non-hydrogen) atoms. The van der Waals surface area contributed by atoms with E-state index in [1.54, 1.807) is 24.5 Å². The van der Waals surface area contributed by atoms with E-state index in [1.165, 1.54) is 6.07 Å². The van der Waals surface area contributed by atoms with Crippen LogP contribution in [0.3, 0.4) is 0 Å². The van der Waals surface area contributed by atoms with Crippen LogP contribution in [0.1, 0.15) is 41.9 Å². The number of pyridine rings is 2. The highest BCUT2D eigenvalue weighted by Gasteiger charge is 2.25. The fourth-order valence-electron chi connectivity index (χ4n) is 4.73. The summed E-state index contributed by atoms with van der Waals surface area (Å²) in [7, 11) is -3.97. The van der Waals surface area contributed by atoms with Crippen LogP contribution >= 0.6 is 0 Å². The zero-order valence-electron chi connectivity index (χ0n) is 22.6. The molecule has 214 valence electrons. The second kappa shape index (κ2) is 11.4. The molecule has 0 unspecified atom stereocenters. The van der Waals surface area contributed by atoms with Crippen LogP contribution in [0.2, 0.25) is 0 Å². The van der Waals surface area contributed by atoms with Gasteiger partial charge in [0.05, 0.1) is 46.2 Å². The van der Waals surface area contributed by atoms with Gasteiger partial charge in [0.1, 0.15) is 0 Å². The Balaban J connectivity index is 1.34. The molecule has 1 N–H and O–H groups in total. The van der Waals surface area contributed by atoms with E-state index in [0.717, 1.165) is 23.8 Å². The molecule has 1 amide bonds. The third-order valence-electron chi connectivity index (χ3n) is 6.58. The van der Waals surface area contributed by atoms with Gasteiger partial charge in [-0.25, -0.2) is 32.2 Å². The van der Waals surface area contributed by atoms with Crippen molar-refractivity contribution in [3.05, 3.63) is 71.7 Å². The van der Waals surface area contributed by atoms with Crippen molar-refractivity contribution in [1.29, 1.82) is 0 Å². The minimum atomic E-state index is -3.97. The number of halogens is 2. The molecule has 0 radical (unpaired) electrons. The Morgan fingerprint density at radius 1 is 1.05 bits per heavy atom. The molecule has 0 bridgehead atoms. The molecule has 10 nitrogen and oxygen atoms in total. The number of amides is 1. The molecule has 4 aromatic rings. The Kier molecular flexibility index (Phi) is 7.91. The van der Waals surface area contributed by atoms with Crippen molar-refractivity contribution in [2.75, 3.05) is 24.2 Å². The number of fused-ring (bicyclic) bond motifs is 1. The average molecular weight is 583 g/mol. The summed E-state index contributed by atoms with van der Waals surface area (Å²) >= 11 is 0. The molecule has 1 aliphatic rings.